The van der Waals surface area contributed by atoms with Gasteiger partial charge in [-0.25, -0.2) is 0 Å². The second-order valence-corrected chi connectivity index (χ2v) is 6.98. The molecule has 3 rings (SSSR count). The number of piperidine rings is 1. The minimum Gasteiger partial charge on any atom is -0.497 e. The van der Waals surface area contributed by atoms with Crippen molar-refractivity contribution in [3.63, 3.8) is 0 Å². The second kappa shape index (κ2) is 10.2. The summed E-state index contributed by atoms with van der Waals surface area (Å²) in [6, 6.07) is 18.4. The lowest BCUT2D eigenvalue weighted by Crippen LogP contribution is -2.40. The number of carbonyl (C=O) groups excluding carboxylic acids is 1. The Hall–Kier alpha value is -2.37. The van der Waals surface area contributed by atoms with Crippen molar-refractivity contribution in [1.82, 2.24) is 4.90 Å². The van der Waals surface area contributed by atoms with Crippen LogP contribution in [0.25, 0.3) is 0 Å². The highest BCUT2D eigenvalue weighted by Crippen LogP contribution is 2.31. The summed E-state index contributed by atoms with van der Waals surface area (Å²) in [7, 11) is 1.67. The highest BCUT2D eigenvalue weighted by Gasteiger charge is 2.25. The molecule has 1 unspecified atom stereocenters. The fraction of sp³-hybridized carbons (Fsp3) is 0.435. The Balaban J connectivity index is 1.65. The molecule has 0 bridgehead atoms. The van der Waals surface area contributed by atoms with Gasteiger partial charge in [0.15, 0.2) is 0 Å². The summed E-state index contributed by atoms with van der Waals surface area (Å²) in [5.74, 6) is 0.685. The van der Waals surface area contributed by atoms with Crippen LogP contribution in [0.1, 0.15) is 37.0 Å². The van der Waals surface area contributed by atoms with Gasteiger partial charge in [0.05, 0.1) is 26.4 Å². The van der Waals surface area contributed by atoms with Gasteiger partial charge in [0.25, 0.3) is 0 Å². The third-order valence-corrected chi connectivity index (χ3v) is 5.04. The van der Waals surface area contributed by atoms with Crippen LogP contribution in [-0.4, -0.2) is 50.3 Å². The summed E-state index contributed by atoms with van der Waals surface area (Å²) in [6.07, 6.45) is 1.84. The van der Waals surface area contributed by atoms with E-state index >= 15 is 0 Å². The van der Waals surface area contributed by atoms with Crippen LogP contribution in [0.2, 0.25) is 0 Å². The molecule has 28 heavy (non-hydrogen) atoms. The predicted octanol–water partition coefficient (Wildman–Crippen LogP) is 3.83. The van der Waals surface area contributed by atoms with Gasteiger partial charge in [0.2, 0.25) is 0 Å². The molecule has 1 aliphatic rings. The number of esters is 1. The van der Waals surface area contributed by atoms with Crippen molar-refractivity contribution in [2.75, 3.05) is 33.4 Å². The van der Waals surface area contributed by atoms with Gasteiger partial charge < -0.3 is 14.2 Å². The van der Waals surface area contributed by atoms with Crippen molar-refractivity contribution in [3.05, 3.63) is 65.7 Å². The first kappa shape index (κ1) is 20.4. The van der Waals surface area contributed by atoms with Crippen molar-refractivity contribution >= 4 is 5.97 Å². The first-order chi connectivity index (χ1) is 13.7. The van der Waals surface area contributed by atoms with Gasteiger partial charge in [0.1, 0.15) is 11.9 Å². The Bertz CT molecular complexity index is 724. The SMILES string of the molecule is CCOC(=O)CN1CCC(OC(c2ccccc2)c2ccc(OC)cc2)CC1. The molecule has 0 saturated carbocycles. The molecule has 2 aromatic rings. The van der Waals surface area contributed by atoms with Gasteiger partial charge >= 0.3 is 5.97 Å². The quantitative estimate of drug-likeness (QED) is 0.649. The number of nitrogens with zero attached hydrogens (tertiary/aromatic N) is 1. The van der Waals surface area contributed by atoms with Crippen LogP contribution >= 0.6 is 0 Å². The summed E-state index contributed by atoms with van der Waals surface area (Å²) >= 11 is 0. The largest absolute Gasteiger partial charge is 0.497 e. The molecule has 1 atom stereocenters. The van der Waals surface area contributed by atoms with Crippen LogP contribution < -0.4 is 4.74 Å². The maximum absolute atomic E-state index is 11.7. The van der Waals surface area contributed by atoms with Gasteiger partial charge in [-0.15, -0.1) is 0 Å². The molecular formula is C23H29NO4. The number of methoxy groups -OCH3 is 1. The summed E-state index contributed by atoms with van der Waals surface area (Å²) in [6.45, 7) is 4.31. The molecule has 0 aromatic heterocycles. The zero-order valence-electron chi connectivity index (χ0n) is 16.7. The van der Waals surface area contributed by atoms with Gasteiger partial charge in [0, 0.05) is 13.1 Å². The molecule has 1 fully saturated rings. The lowest BCUT2D eigenvalue weighted by Gasteiger charge is -2.33. The summed E-state index contributed by atoms with van der Waals surface area (Å²) < 4.78 is 16.9. The van der Waals surface area contributed by atoms with E-state index in [9.17, 15) is 4.79 Å². The lowest BCUT2D eigenvalue weighted by molar-refractivity contribution is -0.145. The van der Waals surface area contributed by atoms with Crippen molar-refractivity contribution in [3.8, 4) is 5.75 Å². The maximum Gasteiger partial charge on any atom is 0.320 e. The summed E-state index contributed by atoms with van der Waals surface area (Å²) in [5, 5.41) is 0. The molecule has 5 heteroatoms. The zero-order chi connectivity index (χ0) is 19.8. The normalized spacial score (nSPS) is 16.5. The number of rotatable bonds is 8. The van der Waals surface area contributed by atoms with Crippen LogP contribution in [0.5, 0.6) is 5.75 Å². The Morgan fingerprint density at radius 3 is 2.29 bits per heavy atom. The van der Waals surface area contributed by atoms with E-state index in [-0.39, 0.29) is 18.2 Å². The van der Waals surface area contributed by atoms with E-state index in [1.54, 1.807) is 7.11 Å². The molecule has 2 aromatic carbocycles. The van der Waals surface area contributed by atoms with E-state index in [1.165, 1.54) is 0 Å². The molecule has 0 spiro atoms. The second-order valence-electron chi connectivity index (χ2n) is 6.98. The maximum atomic E-state index is 11.7. The van der Waals surface area contributed by atoms with Crippen molar-refractivity contribution < 1.29 is 19.0 Å². The molecule has 1 heterocycles. The monoisotopic (exact) mass is 383 g/mol. The average molecular weight is 383 g/mol. The Labute approximate surface area is 167 Å². The fourth-order valence-electron chi connectivity index (χ4n) is 3.54. The van der Waals surface area contributed by atoms with E-state index in [4.69, 9.17) is 14.2 Å². The third kappa shape index (κ3) is 5.57. The third-order valence-electron chi connectivity index (χ3n) is 5.04. The standard InChI is InChI=1S/C23H29NO4/c1-3-27-22(25)17-24-15-13-21(14-16-24)28-23(18-7-5-4-6-8-18)19-9-11-20(26-2)12-10-19/h4-12,21,23H,3,13-17H2,1-2H3. The van der Waals surface area contributed by atoms with E-state index in [0.717, 1.165) is 42.8 Å². The Kier molecular flexibility index (Phi) is 7.46. The highest BCUT2D eigenvalue weighted by molar-refractivity contribution is 5.71. The predicted molar refractivity (Wildman–Crippen MR) is 108 cm³/mol. The molecular weight excluding hydrogens is 354 g/mol. The first-order valence-corrected chi connectivity index (χ1v) is 9.92. The van der Waals surface area contributed by atoms with E-state index < -0.39 is 0 Å². The smallest absolute Gasteiger partial charge is 0.320 e. The number of benzene rings is 2. The van der Waals surface area contributed by atoms with E-state index in [2.05, 4.69) is 29.2 Å². The zero-order valence-corrected chi connectivity index (χ0v) is 16.7. The minimum absolute atomic E-state index is 0.117. The van der Waals surface area contributed by atoms with Crippen LogP contribution in [0.4, 0.5) is 0 Å². The minimum atomic E-state index is -0.151. The number of hydrogen-bond acceptors (Lipinski definition) is 5. The van der Waals surface area contributed by atoms with Crippen molar-refractivity contribution in [1.29, 1.82) is 0 Å². The lowest BCUT2D eigenvalue weighted by atomic mass is 10.00. The molecule has 0 aliphatic carbocycles. The molecule has 0 radical (unpaired) electrons. The number of likely N-dealkylation sites (tertiary alicyclic amines) is 1. The topological polar surface area (TPSA) is 48.0 Å². The molecule has 0 amide bonds. The average Bonchev–Trinajstić information content (AvgIpc) is 2.74. The van der Waals surface area contributed by atoms with Crippen LogP contribution in [0, 0.1) is 0 Å². The van der Waals surface area contributed by atoms with Crippen LogP contribution in [-0.2, 0) is 14.3 Å². The van der Waals surface area contributed by atoms with Gasteiger partial charge in [-0.3, -0.25) is 9.69 Å². The van der Waals surface area contributed by atoms with Crippen molar-refractivity contribution in [2.45, 2.75) is 32.0 Å². The van der Waals surface area contributed by atoms with Gasteiger partial charge in [-0.05, 0) is 43.0 Å². The van der Waals surface area contributed by atoms with Crippen LogP contribution in [0.15, 0.2) is 54.6 Å². The van der Waals surface area contributed by atoms with Gasteiger partial charge in [-0.1, -0.05) is 42.5 Å². The Morgan fingerprint density at radius 1 is 1.04 bits per heavy atom. The first-order valence-electron chi connectivity index (χ1n) is 9.92. The van der Waals surface area contributed by atoms with E-state index in [0.29, 0.717) is 13.2 Å². The van der Waals surface area contributed by atoms with E-state index in [1.807, 2.05) is 37.3 Å². The number of carbonyl (C=O) groups is 1. The molecule has 150 valence electrons. The van der Waals surface area contributed by atoms with Gasteiger partial charge in [-0.2, -0.15) is 0 Å². The fourth-order valence-corrected chi connectivity index (χ4v) is 3.54. The molecule has 5 nitrogen and oxygen atoms in total. The summed E-state index contributed by atoms with van der Waals surface area (Å²) in [4.78, 5) is 13.8. The van der Waals surface area contributed by atoms with Crippen LogP contribution in [0.3, 0.4) is 0 Å². The molecule has 1 saturated heterocycles. The Morgan fingerprint density at radius 2 is 1.68 bits per heavy atom. The number of hydrogen-bond donors (Lipinski definition) is 0. The number of ether oxygens (including phenoxy) is 3. The van der Waals surface area contributed by atoms with Crippen molar-refractivity contribution in [2.24, 2.45) is 0 Å². The highest BCUT2D eigenvalue weighted by atomic mass is 16.5. The molecule has 1 aliphatic heterocycles. The molecule has 0 N–H and O–H groups in total. The summed E-state index contributed by atoms with van der Waals surface area (Å²) in [5.41, 5.74) is 2.25.